The van der Waals surface area contributed by atoms with E-state index in [4.69, 9.17) is 5.73 Å². The Balaban J connectivity index is 3.82. The van der Waals surface area contributed by atoms with Gasteiger partial charge < -0.3 is 15.8 Å². The molecule has 2 unspecified atom stereocenters. The quantitative estimate of drug-likeness (QED) is 0.602. The van der Waals surface area contributed by atoms with Crippen LogP contribution < -0.4 is 11.1 Å². The molecule has 0 aliphatic rings. The zero-order valence-electron chi connectivity index (χ0n) is 8.57. The number of hydrogen-bond donors (Lipinski definition) is 2. The molecule has 0 spiro atoms. The first-order chi connectivity index (χ1) is 6.52. The van der Waals surface area contributed by atoms with Crippen molar-refractivity contribution in [3.8, 4) is 0 Å². The van der Waals surface area contributed by atoms with Crippen LogP contribution in [0.4, 0.5) is 0 Å². The average Bonchev–Trinajstić information content (AvgIpc) is 2.22. The minimum Gasteiger partial charge on any atom is -0.468 e. The van der Waals surface area contributed by atoms with Crippen LogP contribution in [0.15, 0.2) is 0 Å². The van der Waals surface area contributed by atoms with E-state index in [1.54, 1.807) is 14.0 Å². The maximum absolute atomic E-state index is 11.1. The van der Waals surface area contributed by atoms with Crippen molar-refractivity contribution < 1.29 is 14.3 Å². The number of carbonyl (C=O) groups excluding carboxylic acids is 2. The summed E-state index contributed by atoms with van der Waals surface area (Å²) in [7, 11) is 2.86. The van der Waals surface area contributed by atoms with Gasteiger partial charge in [-0.1, -0.05) is 0 Å². The van der Waals surface area contributed by atoms with Crippen LogP contribution in [0.25, 0.3) is 0 Å². The molecule has 14 heavy (non-hydrogen) atoms. The van der Waals surface area contributed by atoms with Gasteiger partial charge in [0.1, 0.15) is 6.04 Å². The lowest BCUT2D eigenvalue weighted by molar-refractivity contribution is -0.141. The van der Waals surface area contributed by atoms with Crippen LogP contribution >= 0.6 is 11.8 Å². The fourth-order valence-corrected chi connectivity index (χ4v) is 1.65. The summed E-state index contributed by atoms with van der Waals surface area (Å²) in [6.45, 7) is 1.76. The molecule has 1 amide bonds. The van der Waals surface area contributed by atoms with E-state index in [-0.39, 0.29) is 11.2 Å². The van der Waals surface area contributed by atoms with Gasteiger partial charge >= 0.3 is 5.97 Å². The summed E-state index contributed by atoms with van der Waals surface area (Å²) in [5.41, 5.74) is 5.49. The standard InChI is InChI=1S/C8H16N2O3S/c1-5(7(11)10-2)14-4-6(9)8(12)13-3/h5-6H,4,9H2,1-3H3,(H,10,11). The molecule has 3 N–H and O–H groups in total. The van der Waals surface area contributed by atoms with Gasteiger partial charge in [0.15, 0.2) is 0 Å². The second-order valence-corrected chi connectivity index (χ2v) is 4.09. The number of nitrogens with one attached hydrogen (secondary N) is 1. The van der Waals surface area contributed by atoms with Crippen LogP contribution in [-0.2, 0) is 14.3 Å². The van der Waals surface area contributed by atoms with Crippen molar-refractivity contribution in [2.75, 3.05) is 19.9 Å². The van der Waals surface area contributed by atoms with E-state index in [2.05, 4.69) is 10.1 Å². The summed E-state index contributed by atoms with van der Waals surface area (Å²) >= 11 is 1.32. The maximum atomic E-state index is 11.1. The highest BCUT2D eigenvalue weighted by atomic mass is 32.2. The monoisotopic (exact) mass is 220 g/mol. The molecule has 0 fully saturated rings. The van der Waals surface area contributed by atoms with E-state index in [0.29, 0.717) is 5.75 Å². The molecule has 0 rings (SSSR count). The van der Waals surface area contributed by atoms with Gasteiger partial charge in [0.2, 0.25) is 5.91 Å². The van der Waals surface area contributed by atoms with Crippen molar-refractivity contribution in [3.05, 3.63) is 0 Å². The topological polar surface area (TPSA) is 81.4 Å². The highest BCUT2D eigenvalue weighted by Crippen LogP contribution is 2.11. The fraction of sp³-hybridized carbons (Fsp3) is 0.750. The van der Waals surface area contributed by atoms with Gasteiger partial charge in [-0.2, -0.15) is 0 Å². The van der Waals surface area contributed by atoms with Gasteiger partial charge in [-0.3, -0.25) is 9.59 Å². The fourth-order valence-electron chi connectivity index (χ4n) is 0.746. The second kappa shape index (κ2) is 6.67. The highest BCUT2D eigenvalue weighted by molar-refractivity contribution is 8.00. The van der Waals surface area contributed by atoms with Gasteiger partial charge in [-0.25, -0.2) is 0 Å². The van der Waals surface area contributed by atoms with E-state index in [9.17, 15) is 9.59 Å². The van der Waals surface area contributed by atoms with Crippen LogP contribution in [0, 0.1) is 0 Å². The summed E-state index contributed by atoms with van der Waals surface area (Å²) in [4.78, 5) is 22.0. The summed E-state index contributed by atoms with van der Waals surface area (Å²) in [5.74, 6) is -0.157. The molecular weight excluding hydrogens is 204 g/mol. The smallest absolute Gasteiger partial charge is 0.323 e. The van der Waals surface area contributed by atoms with Crippen LogP contribution in [0.1, 0.15) is 6.92 Å². The number of nitrogens with two attached hydrogens (primary N) is 1. The summed E-state index contributed by atoms with van der Waals surface area (Å²) in [6.07, 6.45) is 0. The molecule has 0 aliphatic heterocycles. The minimum atomic E-state index is -0.669. The molecule has 0 heterocycles. The normalized spacial score (nSPS) is 14.3. The summed E-state index contributed by atoms with van der Waals surface area (Å²) in [6, 6.07) is -0.669. The lowest BCUT2D eigenvalue weighted by Crippen LogP contribution is -2.36. The van der Waals surface area contributed by atoms with E-state index >= 15 is 0 Å². The Labute approximate surface area is 87.7 Å². The van der Waals surface area contributed by atoms with Crippen LogP contribution in [0.5, 0.6) is 0 Å². The zero-order valence-corrected chi connectivity index (χ0v) is 9.39. The molecule has 82 valence electrons. The van der Waals surface area contributed by atoms with Crippen molar-refractivity contribution >= 4 is 23.6 Å². The Morgan fingerprint density at radius 3 is 2.57 bits per heavy atom. The van der Waals surface area contributed by atoms with E-state index in [1.807, 2.05) is 0 Å². The molecule has 5 nitrogen and oxygen atoms in total. The lowest BCUT2D eigenvalue weighted by Gasteiger charge is -2.12. The Bertz CT molecular complexity index is 189. The first kappa shape index (κ1) is 13.2. The molecule has 0 radical (unpaired) electrons. The molecule has 0 saturated heterocycles. The van der Waals surface area contributed by atoms with Crippen molar-refractivity contribution in [2.45, 2.75) is 18.2 Å². The average molecular weight is 220 g/mol. The molecule has 6 heteroatoms. The van der Waals surface area contributed by atoms with Gasteiger partial charge in [0, 0.05) is 12.8 Å². The molecule has 0 saturated carbocycles. The number of methoxy groups -OCH3 is 1. The molecule has 0 aromatic carbocycles. The predicted molar refractivity (Wildman–Crippen MR) is 56.0 cm³/mol. The summed E-state index contributed by atoms with van der Waals surface area (Å²) in [5, 5.41) is 2.30. The van der Waals surface area contributed by atoms with Gasteiger partial charge in [-0.05, 0) is 6.92 Å². The molecule has 0 aromatic heterocycles. The number of thioether (sulfide) groups is 1. The van der Waals surface area contributed by atoms with Crippen molar-refractivity contribution in [2.24, 2.45) is 5.73 Å². The number of hydrogen-bond acceptors (Lipinski definition) is 5. The molecular formula is C8H16N2O3S. The molecule has 0 bridgehead atoms. The number of amides is 1. The molecule has 2 atom stereocenters. The van der Waals surface area contributed by atoms with Gasteiger partial charge in [0.25, 0.3) is 0 Å². The highest BCUT2D eigenvalue weighted by Gasteiger charge is 2.18. The third-order valence-electron chi connectivity index (χ3n) is 1.65. The van der Waals surface area contributed by atoms with Gasteiger partial charge in [0.05, 0.1) is 12.4 Å². The third kappa shape index (κ3) is 4.48. The number of carbonyl (C=O) groups is 2. The molecule has 0 aliphatic carbocycles. The second-order valence-electron chi connectivity index (χ2n) is 2.72. The first-order valence-electron chi connectivity index (χ1n) is 4.19. The molecule has 0 aromatic rings. The van der Waals surface area contributed by atoms with Crippen LogP contribution in [0.2, 0.25) is 0 Å². The predicted octanol–water partition coefficient (Wildman–Crippen LogP) is -0.646. The van der Waals surface area contributed by atoms with Crippen molar-refractivity contribution in [1.82, 2.24) is 5.32 Å². The largest absolute Gasteiger partial charge is 0.468 e. The number of ether oxygens (including phenoxy) is 1. The number of rotatable bonds is 5. The van der Waals surface area contributed by atoms with E-state index in [0.717, 1.165) is 0 Å². The Morgan fingerprint density at radius 2 is 2.14 bits per heavy atom. The lowest BCUT2D eigenvalue weighted by atomic mass is 10.4. The Hall–Kier alpha value is -0.750. The van der Waals surface area contributed by atoms with Crippen molar-refractivity contribution in [1.29, 1.82) is 0 Å². The van der Waals surface area contributed by atoms with Crippen LogP contribution in [-0.4, -0.2) is 43.1 Å². The van der Waals surface area contributed by atoms with Crippen LogP contribution in [0.3, 0.4) is 0 Å². The first-order valence-corrected chi connectivity index (χ1v) is 5.24. The SMILES string of the molecule is CNC(=O)C(C)SCC(N)C(=O)OC. The zero-order chi connectivity index (χ0) is 11.1. The van der Waals surface area contributed by atoms with E-state index < -0.39 is 12.0 Å². The Morgan fingerprint density at radius 1 is 1.57 bits per heavy atom. The summed E-state index contributed by atoms with van der Waals surface area (Å²) < 4.78 is 4.45. The minimum absolute atomic E-state index is 0.0768. The van der Waals surface area contributed by atoms with Gasteiger partial charge in [-0.15, -0.1) is 11.8 Å². The number of esters is 1. The maximum Gasteiger partial charge on any atom is 0.323 e. The third-order valence-corrected chi connectivity index (χ3v) is 2.91. The van der Waals surface area contributed by atoms with Crippen molar-refractivity contribution in [3.63, 3.8) is 0 Å². The Kier molecular flexibility index (Phi) is 6.31. The van der Waals surface area contributed by atoms with E-state index in [1.165, 1.54) is 18.9 Å².